The van der Waals surface area contributed by atoms with Gasteiger partial charge in [-0.1, -0.05) is 0 Å². The second-order valence-corrected chi connectivity index (χ2v) is 5.56. The molecule has 0 N–H and O–H groups in total. The molecule has 17 heavy (non-hydrogen) atoms. The van der Waals surface area contributed by atoms with Crippen molar-refractivity contribution in [1.29, 1.82) is 0 Å². The molecule has 0 aromatic heterocycles. The first-order valence-electron chi connectivity index (χ1n) is 4.99. The molecule has 0 saturated carbocycles. The molecule has 0 bridgehead atoms. The third kappa shape index (κ3) is 2.95. The van der Waals surface area contributed by atoms with E-state index in [2.05, 4.69) is 0 Å². The molecule has 0 unspecified atom stereocenters. The number of hydrogen-bond acceptors (Lipinski definition) is 6. The first-order valence-corrected chi connectivity index (χ1v) is 6.63. The van der Waals surface area contributed by atoms with E-state index >= 15 is 0 Å². The smallest absolute Gasteiger partial charge is 0.223 e. The zero-order valence-electron chi connectivity index (χ0n) is 8.73. The van der Waals surface area contributed by atoms with Gasteiger partial charge in [-0.2, -0.15) is 0 Å². The SMILES string of the molecule is O=C1C=C(CCCC2=CC(=O)SC2=O)C(=O)S1. The van der Waals surface area contributed by atoms with Gasteiger partial charge < -0.3 is 0 Å². The molecule has 0 fully saturated rings. The fraction of sp³-hybridized carbons (Fsp3) is 0.273. The van der Waals surface area contributed by atoms with Gasteiger partial charge in [0.1, 0.15) is 0 Å². The molecule has 2 heterocycles. The van der Waals surface area contributed by atoms with Crippen LogP contribution in [0.4, 0.5) is 0 Å². The molecular formula is C11H8O4S2. The molecule has 0 aromatic carbocycles. The molecule has 2 rings (SSSR count). The zero-order chi connectivity index (χ0) is 12.4. The first-order chi connectivity index (χ1) is 8.06. The minimum absolute atomic E-state index is 0.202. The molecule has 0 atom stereocenters. The maximum atomic E-state index is 11.3. The maximum absolute atomic E-state index is 11.3. The van der Waals surface area contributed by atoms with Crippen molar-refractivity contribution in [3.05, 3.63) is 23.3 Å². The van der Waals surface area contributed by atoms with E-state index in [0.29, 0.717) is 53.9 Å². The molecule has 4 nitrogen and oxygen atoms in total. The van der Waals surface area contributed by atoms with Crippen molar-refractivity contribution < 1.29 is 19.2 Å². The highest BCUT2D eigenvalue weighted by molar-refractivity contribution is 8.27. The van der Waals surface area contributed by atoms with Gasteiger partial charge in [0.15, 0.2) is 0 Å². The average molecular weight is 268 g/mol. The number of thioether (sulfide) groups is 2. The molecule has 0 radical (unpaired) electrons. The van der Waals surface area contributed by atoms with Crippen LogP contribution in [0.1, 0.15) is 19.3 Å². The molecule has 88 valence electrons. The minimum atomic E-state index is -0.230. The van der Waals surface area contributed by atoms with Crippen LogP contribution in [0.25, 0.3) is 0 Å². The summed E-state index contributed by atoms with van der Waals surface area (Å²) in [6, 6.07) is 0. The van der Waals surface area contributed by atoms with Crippen LogP contribution in [0.2, 0.25) is 0 Å². The Bertz CT molecular complexity index is 444. The number of carbonyl (C=O) groups is 4. The summed E-state index contributed by atoms with van der Waals surface area (Å²) in [5.74, 6) is 0. The van der Waals surface area contributed by atoms with Crippen molar-refractivity contribution in [1.82, 2.24) is 0 Å². The number of carbonyl (C=O) groups excluding carboxylic acids is 4. The third-order valence-electron chi connectivity index (χ3n) is 2.39. The fourth-order valence-corrected chi connectivity index (χ4v) is 2.94. The Kier molecular flexibility index (Phi) is 3.63. The Morgan fingerprint density at radius 2 is 1.18 bits per heavy atom. The van der Waals surface area contributed by atoms with Crippen LogP contribution >= 0.6 is 23.5 Å². The molecule has 0 spiro atoms. The average Bonchev–Trinajstić information content (AvgIpc) is 2.71. The monoisotopic (exact) mass is 268 g/mol. The quantitative estimate of drug-likeness (QED) is 0.771. The summed E-state index contributed by atoms with van der Waals surface area (Å²) < 4.78 is 0. The van der Waals surface area contributed by atoms with E-state index in [1.165, 1.54) is 12.2 Å². The van der Waals surface area contributed by atoms with Crippen LogP contribution in [0.15, 0.2) is 23.3 Å². The zero-order valence-corrected chi connectivity index (χ0v) is 10.4. The Morgan fingerprint density at radius 3 is 1.47 bits per heavy atom. The van der Waals surface area contributed by atoms with Crippen molar-refractivity contribution in [2.45, 2.75) is 19.3 Å². The lowest BCUT2D eigenvalue weighted by atomic mass is 10.1. The van der Waals surface area contributed by atoms with Crippen LogP contribution in [0, 0.1) is 0 Å². The van der Waals surface area contributed by atoms with E-state index in [4.69, 9.17) is 0 Å². The molecule has 6 heteroatoms. The number of rotatable bonds is 4. The van der Waals surface area contributed by atoms with E-state index in [-0.39, 0.29) is 20.5 Å². The van der Waals surface area contributed by atoms with Gasteiger partial charge in [0.2, 0.25) is 20.5 Å². The van der Waals surface area contributed by atoms with Crippen LogP contribution < -0.4 is 0 Å². The van der Waals surface area contributed by atoms with Gasteiger partial charge in [-0.25, -0.2) is 0 Å². The second kappa shape index (κ2) is 5.01. The van der Waals surface area contributed by atoms with E-state index in [1.807, 2.05) is 0 Å². The van der Waals surface area contributed by atoms with Gasteiger partial charge in [-0.15, -0.1) is 0 Å². The summed E-state index contributed by atoms with van der Waals surface area (Å²) in [5.41, 5.74) is 1.01. The summed E-state index contributed by atoms with van der Waals surface area (Å²) in [7, 11) is 0. The summed E-state index contributed by atoms with van der Waals surface area (Å²) in [6.07, 6.45) is 4.23. The predicted octanol–water partition coefficient (Wildman–Crippen LogP) is 1.61. The maximum Gasteiger partial charge on any atom is 0.223 e. The Balaban J connectivity index is 1.85. The van der Waals surface area contributed by atoms with Gasteiger partial charge in [0, 0.05) is 23.3 Å². The Labute approximate surface area is 106 Å². The van der Waals surface area contributed by atoms with Gasteiger partial charge in [-0.3, -0.25) is 19.2 Å². The normalized spacial score (nSPS) is 20.0. The molecule has 2 aliphatic heterocycles. The van der Waals surface area contributed by atoms with E-state index in [9.17, 15) is 19.2 Å². The van der Waals surface area contributed by atoms with Crippen LogP contribution in [-0.2, 0) is 19.2 Å². The predicted molar refractivity (Wildman–Crippen MR) is 65.2 cm³/mol. The highest BCUT2D eigenvalue weighted by Gasteiger charge is 2.24. The summed E-state index contributed by atoms with van der Waals surface area (Å²) in [5, 5.41) is -0.863. The lowest BCUT2D eigenvalue weighted by Gasteiger charge is -1.99. The van der Waals surface area contributed by atoms with Crippen molar-refractivity contribution in [3.8, 4) is 0 Å². The molecule has 0 aliphatic carbocycles. The number of hydrogen-bond donors (Lipinski definition) is 0. The molecule has 0 saturated heterocycles. The van der Waals surface area contributed by atoms with E-state index in [0.717, 1.165) is 0 Å². The van der Waals surface area contributed by atoms with E-state index in [1.54, 1.807) is 0 Å². The Hall–Kier alpha value is -1.14. The summed E-state index contributed by atoms with van der Waals surface area (Å²) >= 11 is 1.40. The third-order valence-corrected chi connectivity index (χ3v) is 3.92. The lowest BCUT2D eigenvalue weighted by molar-refractivity contribution is -0.109. The van der Waals surface area contributed by atoms with Crippen molar-refractivity contribution in [2.75, 3.05) is 0 Å². The molecular weight excluding hydrogens is 260 g/mol. The minimum Gasteiger partial charge on any atom is -0.282 e. The van der Waals surface area contributed by atoms with Crippen molar-refractivity contribution in [2.24, 2.45) is 0 Å². The molecule has 2 aliphatic rings. The largest absolute Gasteiger partial charge is 0.282 e. The van der Waals surface area contributed by atoms with Gasteiger partial charge in [0.25, 0.3) is 0 Å². The highest BCUT2D eigenvalue weighted by atomic mass is 32.2. The summed E-state index contributed by atoms with van der Waals surface area (Å²) in [6.45, 7) is 0. The van der Waals surface area contributed by atoms with Gasteiger partial charge in [0.05, 0.1) is 0 Å². The first kappa shape index (κ1) is 12.3. The topological polar surface area (TPSA) is 68.3 Å². The highest BCUT2D eigenvalue weighted by Crippen LogP contribution is 2.28. The Morgan fingerprint density at radius 1 is 0.765 bits per heavy atom. The van der Waals surface area contributed by atoms with Gasteiger partial charge >= 0.3 is 0 Å². The van der Waals surface area contributed by atoms with Crippen molar-refractivity contribution >= 4 is 44.0 Å². The fourth-order valence-electron chi connectivity index (χ4n) is 1.59. The van der Waals surface area contributed by atoms with Crippen LogP contribution in [-0.4, -0.2) is 20.5 Å². The van der Waals surface area contributed by atoms with Crippen molar-refractivity contribution in [3.63, 3.8) is 0 Å². The second-order valence-electron chi connectivity index (χ2n) is 3.61. The van der Waals surface area contributed by atoms with Crippen LogP contribution in [0.5, 0.6) is 0 Å². The van der Waals surface area contributed by atoms with E-state index < -0.39 is 0 Å². The van der Waals surface area contributed by atoms with Crippen LogP contribution in [0.3, 0.4) is 0 Å². The standard InChI is InChI=1S/C11H8O4S2/c12-8-4-6(10(14)16-8)2-1-3-7-5-9(13)17-11(7)15/h4-5H,1-3H2. The van der Waals surface area contributed by atoms with Gasteiger partial charge in [-0.05, 0) is 42.8 Å². The lowest BCUT2D eigenvalue weighted by Crippen LogP contribution is -1.95. The summed E-state index contributed by atoms with van der Waals surface area (Å²) in [4.78, 5) is 44.4. The molecule has 0 aromatic rings. The molecule has 0 amide bonds.